The Hall–Kier alpha value is -2.30. The van der Waals surface area contributed by atoms with Gasteiger partial charge < -0.3 is 9.47 Å². The van der Waals surface area contributed by atoms with Crippen molar-refractivity contribution in [1.82, 2.24) is 4.90 Å². The molecule has 1 saturated carbocycles. The third kappa shape index (κ3) is 5.02. The van der Waals surface area contributed by atoms with Crippen molar-refractivity contribution in [3.05, 3.63) is 48.0 Å². The lowest BCUT2D eigenvalue weighted by atomic mass is 9.64. The van der Waals surface area contributed by atoms with Gasteiger partial charge in [0.25, 0.3) is 0 Å². The third-order valence-electron chi connectivity index (χ3n) is 7.08. The van der Waals surface area contributed by atoms with Crippen LogP contribution < -0.4 is 0 Å². The number of esters is 1. The summed E-state index contributed by atoms with van der Waals surface area (Å²) in [6.45, 7) is 14.3. The van der Waals surface area contributed by atoms with Crippen LogP contribution in [0.5, 0.6) is 0 Å². The topological polar surface area (TPSA) is 55.8 Å². The molecule has 0 radical (unpaired) electrons. The van der Waals surface area contributed by atoms with Crippen LogP contribution in [0.3, 0.4) is 0 Å². The van der Waals surface area contributed by atoms with E-state index in [1.165, 1.54) is 10.5 Å². The predicted molar refractivity (Wildman–Crippen MR) is 126 cm³/mol. The van der Waals surface area contributed by atoms with Gasteiger partial charge in [0.2, 0.25) is 0 Å². The molecule has 1 amide bonds. The molecule has 0 bridgehead atoms. The average Bonchev–Trinajstić information content (AvgIpc) is 3.10. The minimum atomic E-state index is -1.16. The molecule has 4 atom stereocenters. The number of amides is 1. The van der Waals surface area contributed by atoms with E-state index in [2.05, 4.69) is 45.0 Å². The number of rotatable bonds is 4. The Morgan fingerprint density at radius 2 is 1.72 bits per heavy atom. The van der Waals surface area contributed by atoms with Gasteiger partial charge in [-0.1, -0.05) is 69.7 Å². The average molecular weight is 442 g/mol. The molecule has 1 aliphatic carbocycles. The molecular formula is C27H39NO4. The van der Waals surface area contributed by atoms with Gasteiger partial charge in [0, 0.05) is 12.5 Å². The van der Waals surface area contributed by atoms with Crippen molar-refractivity contribution in [2.75, 3.05) is 6.54 Å². The fourth-order valence-electron chi connectivity index (χ4n) is 5.05. The fraction of sp³-hybridized carbons (Fsp3) is 0.630. The van der Waals surface area contributed by atoms with Crippen LogP contribution in [0.1, 0.15) is 73.3 Å². The molecule has 0 aromatic heterocycles. The summed E-state index contributed by atoms with van der Waals surface area (Å²) in [5.41, 5.74) is -0.676. The van der Waals surface area contributed by atoms with Crippen LogP contribution >= 0.6 is 0 Å². The number of ether oxygens (including phenoxy) is 2. The standard InChI is InChI=1S/C27H39NO4/c1-19-14-15-21(26(5,6)20-12-9-8-10-13-20)22(18-19)31-23(29)27(7)16-11-17-28(27)24(30)32-25(2,3)4/h8-13,16,19,21-22H,14-15,17-18H2,1-7H3/t19-,21-,22-,27+/m1/s1. The van der Waals surface area contributed by atoms with Crippen LogP contribution in [-0.2, 0) is 19.7 Å². The maximum Gasteiger partial charge on any atom is 0.411 e. The second-order valence-electron chi connectivity index (χ2n) is 11.2. The van der Waals surface area contributed by atoms with Crippen molar-refractivity contribution in [2.45, 2.75) is 90.4 Å². The van der Waals surface area contributed by atoms with Crippen LogP contribution in [0.15, 0.2) is 42.5 Å². The Balaban J connectivity index is 1.82. The zero-order valence-corrected chi connectivity index (χ0v) is 20.7. The van der Waals surface area contributed by atoms with E-state index in [0.717, 1.165) is 19.3 Å². The normalized spacial score (nSPS) is 28.5. The second kappa shape index (κ2) is 8.92. The van der Waals surface area contributed by atoms with Gasteiger partial charge in [-0.25, -0.2) is 9.59 Å². The van der Waals surface area contributed by atoms with Crippen molar-refractivity contribution in [1.29, 1.82) is 0 Å². The summed E-state index contributed by atoms with van der Waals surface area (Å²) in [5.74, 6) is 0.309. The van der Waals surface area contributed by atoms with E-state index in [4.69, 9.17) is 9.47 Å². The first kappa shape index (κ1) is 24.3. The molecule has 1 aromatic carbocycles. The van der Waals surface area contributed by atoms with Crippen LogP contribution in [0.25, 0.3) is 0 Å². The first-order valence-corrected chi connectivity index (χ1v) is 11.8. The number of carbonyl (C=O) groups is 2. The quantitative estimate of drug-likeness (QED) is 0.433. The Bertz CT molecular complexity index is 854. The van der Waals surface area contributed by atoms with Gasteiger partial charge in [0.05, 0.1) is 0 Å². The fourth-order valence-corrected chi connectivity index (χ4v) is 5.05. The van der Waals surface area contributed by atoms with E-state index in [-0.39, 0.29) is 23.4 Å². The highest BCUT2D eigenvalue weighted by atomic mass is 16.6. The second-order valence-corrected chi connectivity index (χ2v) is 11.2. The first-order chi connectivity index (χ1) is 14.8. The summed E-state index contributed by atoms with van der Waals surface area (Å²) in [6, 6.07) is 10.5. The van der Waals surface area contributed by atoms with Crippen LogP contribution in [0, 0.1) is 11.8 Å². The van der Waals surface area contributed by atoms with Crippen molar-refractivity contribution in [3.63, 3.8) is 0 Å². The van der Waals surface area contributed by atoms with E-state index in [1.807, 2.05) is 32.9 Å². The Labute approximate surface area is 193 Å². The van der Waals surface area contributed by atoms with Crippen LogP contribution in [-0.4, -0.2) is 40.8 Å². The van der Waals surface area contributed by atoms with E-state index in [9.17, 15) is 9.59 Å². The van der Waals surface area contributed by atoms with Gasteiger partial charge in [0.1, 0.15) is 11.7 Å². The highest BCUT2D eigenvalue weighted by molar-refractivity contribution is 5.89. The molecule has 5 heteroatoms. The minimum absolute atomic E-state index is 0.135. The van der Waals surface area contributed by atoms with Gasteiger partial charge in [-0.3, -0.25) is 4.90 Å². The summed E-state index contributed by atoms with van der Waals surface area (Å²) < 4.78 is 11.8. The van der Waals surface area contributed by atoms with Crippen LogP contribution in [0.4, 0.5) is 4.79 Å². The van der Waals surface area contributed by atoms with Gasteiger partial charge >= 0.3 is 12.1 Å². The zero-order valence-electron chi connectivity index (χ0n) is 20.7. The smallest absolute Gasteiger partial charge is 0.411 e. The molecule has 3 rings (SSSR count). The molecule has 176 valence electrons. The lowest BCUT2D eigenvalue weighted by Gasteiger charge is -2.45. The number of hydrogen-bond donors (Lipinski definition) is 0. The summed E-state index contributed by atoms with van der Waals surface area (Å²) in [7, 11) is 0. The summed E-state index contributed by atoms with van der Waals surface area (Å²) in [4.78, 5) is 27.8. The molecule has 5 nitrogen and oxygen atoms in total. The lowest BCUT2D eigenvalue weighted by molar-refractivity contribution is -0.166. The molecule has 0 spiro atoms. The molecule has 0 unspecified atom stereocenters. The Morgan fingerprint density at radius 1 is 1.06 bits per heavy atom. The zero-order chi connectivity index (χ0) is 23.7. The Kier molecular flexibility index (Phi) is 6.78. The van der Waals surface area contributed by atoms with Crippen molar-refractivity contribution >= 4 is 12.1 Å². The van der Waals surface area contributed by atoms with Gasteiger partial charge in [-0.2, -0.15) is 0 Å². The molecule has 1 fully saturated rings. The van der Waals surface area contributed by atoms with Crippen molar-refractivity contribution in [2.24, 2.45) is 11.8 Å². The number of carbonyl (C=O) groups excluding carboxylic acids is 2. The van der Waals surface area contributed by atoms with E-state index < -0.39 is 17.2 Å². The molecule has 1 heterocycles. The molecule has 2 aliphatic rings. The van der Waals surface area contributed by atoms with Crippen LogP contribution in [0.2, 0.25) is 0 Å². The van der Waals surface area contributed by atoms with E-state index in [0.29, 0.717) is 12.5 Å². The largest absolute Gasteiger partial charge is 0.460 e. The monoisotopic (exact) mass is 441 g/mol. The van der Waals surface area contributed by atoms with Crippen molar-refractivity contribution < 1.29 is 19.1 Å². The van der Waals surface area contributed by atoms with Crippen molar-refractivity contribution in [3.8, 4) is 0 Å². The summed E-state index contributed by atoms with van der Waals surface area (Å²) in [6.07, 6.45) is 5.86. The lowest BCUT2D eigenvalue weighted by Crippen LogP contribution is -2.55. The molecule has 0 N–H and O–H groups in total. The van der Waals surface area contributed by atoms with Gasteiger partial charge in [-0.05, 0) is 57.4 Å². The SMILES string of the molecule is C[C@@H]1CC[C@@H](C(C)(C)c2ccccc2)[C@H](OC(=O)[C@]2(C)C=CCN2C(=O)OC(C)(C)C)C1. The van der Waals surface area contributed by atoms with Gasteiger partial charge in [0.15, 0.2) is 5.54 Å². The molecule has 1 aliphatic heterocycles. The molecule has 1 aromatic rings. The highest BCUT2D eigenvalue weighted by Crippen LogP contribution is 2.44. The van der Waals surface area contributed by atoms with E-state index in [1.54, 1.807) is 13.0 Å². The molecular weight excluding hydrogens is 402 g/mol. The van der Waals surface area contributed by atoms with Gasteiger partial charge in [-0.15, -0.1) is 0 Å². The number of hydrogen-bond acceptors (Lipinski definition) is 4. The summed E-state index contributed by atoms with van der Waals surface area (Å²) in [5, 5.41) is 0. The van der Waals surface area contributed by atoms with E-state index >= 15 is 0 Å². The minimum Gasteiger partial charge on any atom is -0.460 e. The highest BCUT2D eigenvalue weighted by Gasteiger charge is 2.49. The summed E-state index contributed by atoms with van der Waals surface area (Å²) >= 11 is 0. The molecule has 32 heavy (non-hydrogen) atoms. The predicted octanol–water partition coefficient (Wildman–Crippen LogP) is 5.88. The molecule has 0 saturated heterocycles. The number of benzene rings is 1. The third-order valence-corrected chi connectivity index (χ3v) is 7.08. The number of nitrogens with zero attached hydrogens (tertiary/aromatic N) is 1. The Morgan fingerprint density at radius 3 is 2.34 bits per heavy atom. The maximum atomic E-state index is 13.5. The maximum absolute atomic E-state index is 13.5. The first-order valence-electron chi connectivity index (χ1n) is 11.8.